The number of hydrogen-bond donors (Lipinski definition) is 0. The third kappa shape index (κ3) is 2.72. The van der Waals surface area contributed by atoms with Gasteiger partial charge >= 0.3 is 0 Å². The molecule has 0 aliphatic heterocycles. The summed E-state index contributed by atoms with van der Waals surface area (Å²) in [5.74, 6) is 0.655. The smallest absolute Gasteiger partial charge is 0.126 e. The molecule has 0 aliphatic carbocycles. The summed E-state index contributed by atoms with van der Waals surface area (Å²) in [5.41, 5.74) is 2.81. The molecule has 0 fully saturated rings. The Kier molecular flexibility index (Phi) is 4.02. The number of rotatable bonds is 3. The van der Waals surface area contributed by atoms with E-state index in [1.165, 1.54) is 6.07 Å². The monoisotopic (exact) mass is 308 g/mol. The van der Waals surface area contributed by atoms with Gasteiger partial charge in [0, 0.05) is 0 Å². The van der Waals surface area contributed by atoms with E-state index in [2.05, 4.69) is 15.9 Å². The lowest BCUT2D eigenvalue weighted by molar-refractivity contribution is 0.414. The van der Waals surface area contributed by atoms with Gasteiger partial charge in [-0.3, -0.25) is 0 Å². The number of benzene rings is 2. The second-order valence-corrected chi connectivity index (χ2v) is 5.06. The molecule has 0 bridgehead atoms. The first-order valence-corrected chi connectivity index (χ1v) is 6.57. The lowest BCUT2D eigenvalue weighted by atomic mass is 10.0. The standard InChI is InChI=1S/C15H14BrFO/c1-10-9-12(5-8-14(10)17)15(16)11-3-6-13(18-2)7-4-11/h3-9,15H,1-2H3. The minimum atomic E-state index is -0.173. The van der Waals surface area contributed by atoms with Gasteiger partial charge in [0.25, 0.3) is 0 Å². The molecular formula is C15H14BrFO. The number of aryl methyl sites for hydroxylation is 1. The van der Waals surface area contributed by atoms with E-state index in [0.29, 0.717) is 5.56 Å². The van der Waals surface area contributed by atoms with Gasteiger partial charge < -0.3 is 4.74 Å². The molecule has 2 rings (SSSR count). The van der Waals surface area contributed by atoms with Gasteiger partial charge in [-0.15, -0.1) is 0 Å². The number of hydrogen-bond acceptors (Lipinski definition) is 1. The summed E-state index contributed by atoms with van der Waals surface area (Å²) in [5, 5.41) is 0. The van der Waals surface area contributed by atoms with Crippen LogP contribution in [-0.2, 0) is 0 Å². The van der Waals surface area contributed by atoms with Crippen LogP contribution in [0.3, 0.4) is 0 Å². The zero-order valence-corrected chi connectivity index (χ0v) is 11.9. The first-order chi connectivity index (χ1) is 8.61. The second kappa shape index (κ2) is 5.53. The van der Waals surface area contributed by atoms with Crippen molar-refractivity contribution in [3.8, 4) is 5.75 Å². The zero-order valence-electron chi connectivity index (χ0n) is 10.3. The van der Waals surface area contributed by atoms with Crippen LogP contribution in [0.1, 0.15) is 21.5 Å². The predicted octanol–water partition coefficient (Wildman–Crippen LogP) is 4.63. The summed E-state index contributed by atoms with van der Waals surface area (Å²) in [6.45, 7) is 1.77. The highest BCUT2D eigenvalue weighted by molar-refractivity contribution is 9.09. The van der Waals surface area contributed by atoms with Gasteiger partial charge in [0.2, 0.25) is 0 Å². The van der Waals surface area contributed by atoms with Crippen LogP contribution in [0, 0.1) is 12.7 Å². The van der Waals surface area contributed by atoms with Gasteiger partial charge in [-0.1, -0.05) is 40.2 Å². The maximum Gasteiger partial charge on any atom is 0.126 e. The number of alkyl halides is 1. The number of halogens is 2. The quantitative estimate of drug-likeness (QED) is 0.751. The molecule has 0 N–H and O–H groups in total. The normalized spacial score (nSPS) is 12.2. The van der Waals surface area contributed by atoms with Crippen LogP contribution in [0.2, 0.25) is 0 Å². The molecule has 0 heterocycles. The Labute approximate surface area is 115 Å². The van der Waals surface area contributed by atoms with Gasteiger partial charge in [-0.2, -0.15) is 0 Å². The van der Waals surface area contributed by atoms with Crippen LogP contribution < -0.4 is 4.74 Å². The van der Waals surface area contributed by atoms with E-state index in [0.717, 1.165) is 16.9 Å². The van der Waals surface area contributed by atoms with E-state index in [1.54, 1.807) is 20.1 Å². The Morgan fingerprint density at radius 3 is 2.22 bits per heavy atom. The average molecular weight is 309 g/mol. The molecule has 0 aromatic heterocycles. The van der Waals surface area contributed by atoms with Gasteiger partial charge in [-0.25, -0.2) is 4.39 Å². The lowest BCUT2D eigenvalue weighted by Gasteiger charge is -2.12. The van der Waals surface area contributed by atoms with Gasteiger partial charge in [0.15, 0.2) is 0 Å². The molecule has 2 aromatic rings. The van der Waals surface area contributed by atoms with Crippen molar-refractivity contribution in [2.24, 2.45) is 0 Å². The van der Waals surface area contributed by atoms with E-state index in [1.807, 2.05) is 30.3 Å². The van der Waals surface area contributed by atoms with E-state index in [9.17, 15) is 4.39 Å². The van der Waals surface area contributed by atoms with Crippen molar-refractivity contribution >= 4 is 15.9 Å². The third-order valence-corrected chi connectivity index (χ3v) is 3.94. The second-order valence-electron chi connectivity index (χ2n) is 4.14. The maximum absolute atomic E-state index is 13.2. The van der Waals surface area contributed by atoms with Crippen molar-refractivity contribution in [2.45, 2.75) is 11.8 Å². The fourth-order valence-corrected chi connectivity index (χ4v) is 2.38. The molecule has 2 aromatic carbocycles. The van der Waals surface area contributed by atoms with Crippen LogP contribution >= 0.6 is 15.9 Å². The average Bonchev–Trinajstić information content (AvgIpc) is 2.41. The van der Waals surface area contributed by atoms with Crippen molar-refractivity contribution in [3.63, 3.8) is 0 Å². The van der Waals surface area contributed by atoms with Gasteiger partial charge in [0.05, 0.1) is 11.9 Å². The van der Waals surface area contributed by atoms with Gasteiger partial charge in [-0.05, 0) is 41.8 Å². The summed E-state index contributed by atoms with van der Waals surface area (Å²) in [6.07, 6.45) is 0. The van der Waals surface area contributed by atoms with Crippen molar-refractivity contribution in [1.29, 1.82) is 0 Å². The van der Waals surface area contributed by atoms with Crippen LogP contribution in [0.4, 0.5) is 4.39 Å². The molecule has 1 atom stereocenters. The van der Waals surface area contributed by atoms with Crippen LogP contribution in [0.25, 0.3) is 0 Å². The van der Waals surface area contributed by atoms with E-state index < -0.39 is 0 Å². The molecule has 94 valence electrons. The summed E-state index contributed by atoms with van der Waals surface area (Å²) >= 11 is 3.64. The number of ether oxygens (including phenoxy) is 1. The van der Waals surface area contributed by atoms with E-state index in [4.69, 9.17) is 4.74 Å². The van der Waals surface area contributed by atoms with Crippen molar-refractivity contribution < 1.29 is 9.13 Å². The van der Waals surface area contributed by atoms with Crippen molar-refractivity contribution in [1.82, 2.24) is 0 Å². The summed E-state index contributed by atoms with van der Waals surface area (Å²) in [7, 11) is 1.64. The molecule has 0 radical (unpaired) electrons. The SMILES string of the molecule is COc1ccc(C(Br)c2ccc(F)c(C)c2)cc1. The minimum Gasteiger partial charge on any atom is -0.497 e. The third-order valence-electron chi connectivity index (χ3n) is 2.88. The lowest BCUT2D eigenvalue weighted by Crippen LogP contribution is -1.95. The summed E-state index contributed by atoms with van der Waals surface area (Å²) in [4.78, 5) is 0.0581. The molecule has 3 heteroatoms. The fourth-order valence-electron chi connectivity index (χ4n) is 1.79. The largest absolute Gasteiger partial charge is 0.497 e. The Bertz CT molecular complexity index is 537. The van der Waals surface area contributed by atoms with E-state index in [-0.39, 0.29) is 10.6 Å². The molecule has 18 heavy (non-hydrogen) atoms. The molecular weight excluding hydrogens is 295 g/mol. The number of methoxy groups -OCH3 is 1. The van der Waals surface area contributed by atoms with Crippen LogP contribution in [0.15, 0.2) is 42.5 Å². The topological polar surface area (TPSA) is 9.23 Å². The molecule has 0 saturated carbocycles. The maximum atomic E-state index is 13.2. The van der Waals surface area contributed by atoms with Crippen molar-refractivity contribution in [3.05, 3.63) is 65.0 Å². The van der Waals surface area contributed by atoms with E-state index >= 15 is 0 Å². The van der Waals surface area contributed by atoms with Gasteiger partial charge in [0.1, 0.15) is 11.6 Å². The Morgan fingerprint density at radius 1 is 1.06 bits per heavy atom. The van der Waals surface area contributed by atoms with Crippen molar-refractivity contribution in [2.75, 3.05) is 7.11 Å². The minimum absolute atomic E-state index is 0.0581. The highest BCUT2D eigenvalue weighted by Gasteiger charge is 2.11. The highest BCUT2D eigenvalue weighted by Crippen LogP contribution is 2.32. The molecule has 1 nitrogen and oxygen atoms in total. The molecule has 0 spiro atoms. The highest BCUT2D eigenvalue weighted by atomic mass is 79.9. The summed E-state index contributed by atoms with van der Waals surface area (Å²) in [6, 6.07) is 13.0. The first kappa shape index (κ1) is 13.1. The molecule has 1 unspecified atom stereocenters. The molecule has 0 amide bonds. The Morgan fingerprint density at radius 2 is 1.67 bits per heavy atom. The Hall–Kier alpha value is -1.35. The molecule has 0 aliphatic rings. The molecule has 0 saturated heterocycles. The first-order valence-electron chi connectivity index (χ1n) is 5.66. The zero-order chi connectivity index (χ0) is 13.1. The predicted molar refractivity (Wildman–Crippen MR) is 74.9 cm³/mol. The van der Waals surface area contributed by atoms with Crippen LogP contribution in [0.5, 0.6) is 5.75 Å². The fraction of sp³-hybridized carbons (Fsp3) is 0.200. The Balaban J connectivity index is 2.28. The van der Waals surface area contributed by atoms with Crippen LogP contribution in [-0.4, -0.2) is 7.11 Å². The summed E-state index contributed by atoms with van der Waals surface area (Å²) < 4.78 is 18.4.